The Balaban J connectivity index is 1.84. The highest BCUT2D eigenvalue weighted by atomic mass is 79.9. The summed E-state index contributed by atoms with van der Waals surface area (Å²) in [5.41, 5.74) is -2.53. The van der Waals surface area contributed by atoms with E-state index in [-0.39, 0.29) is 11.1 Å². The molecule has 2 heterocycles. The van der Waals surface area contributed by atoms with Crippen molar-refractivity contribution in [3.05, 3.63) is 64.1 Å². The lowest BCUT2D eigenvalue weighted by atomic mass is 9.87. The van der Waals surface area contributed by atoms with Crippen LogP contribution in [-0.4, -0.2) is 46.3 Å². The van der Waals surface area contributed by atoms with E-state index in [0.717, 1.165) is 0 Å². The molecular weight excluding hydrogens is 500 g/mol. The second-order valence-corrected chi connectivity index (χ2v) is 9.85. The van der Waals surface area contributed by atoms with Crippen LogP contribution < -0.4 is 0 Å². The van der Waals surface area contributed by atoms with Gasteiger partial charge in [-0.3, -0.25) is 4.79 Å². The van der Waals surface area contributed by atoms with E-state index in [9.17, 15) is 18.4 Å². The Kier molecular flexibility index (Phi) is 5.98. The fraction of sp³-hybridized carbons (Fsp3) is 0.391. The number of ether oxygens (including phenoxy) is 2. The zero-order valence-corrected chi connectivity index (χ0v) is 19.8. The van der Waals surface area contributed by atoms with Gasteiger partial charge in [0.1, 0.15) is 23.9 Å². The predicted molar refractivity (Wildman–Crippen MR) is 119 cm³/mol. The molecule has 174 valence electrons. The normalized spacial score (nSPS) is 23.6. The molecule has 1 aliphatic carbocycles. The first-order chi connectivity index (χ1) is 15.6. The van der Waals surface area contributed by atoms with Crippen molar-refractivity contribution in [2.75, 3.05) is 6.67 Å². The van der Waals surface area contributed by atoms with Crippen LogP contribution >= 0.6 is 15.9 Å². The molecule has 1 fully saturated rings. The third-order valence-corrected chi connectivity index (χ3v) is 5.80. The van der Waals surface area contributed by atoms with Crippen molar-refractivity contribution in [1.82, 2.24) is 9.88 Å². The average molecular weight is 522 g/mol. The molecule has 2 aliphatic rings. The number of hydrogen-bond acceptors (Lipinski definition) is 6. The molecule has 33 heavy (non-hydrogen) atoms. The number of alkyl halides is 1. The van der Waals surface area contributed by atoms with Crippen molar-refractivity contribution < 1.29 is 27.8 Å². The maximum absolute atomic E-state index is 14.7. The van der Waals surface area contributed by atoms with Gasteiger partial charge in [-0.25, -0.2) is 19.2 Å². The number of pyridine rings is 1. The van der Waals surface area contributed by atoms with Gasteiger partial charge in [-0.05, 0) is 61.3 Å². The lowest BCUT2D eigenvalue weighted by Gasteiger charge is -2.34. The Labute approximate surface area is 197 Å². The first-order valence-corrected chi connectivity index (χ1v) is 11.1. The molecule has 0 bridgehead atoms. The topological polar surface area (TPSA) is 81.1 Å². The minimum atomic E-state index is -1.70. The van der Waals surface area contributed by atoms with Crippen molar-refractivity contribution in [2.24, 2.45) is 10.9 Å². The van der Waals surface area contributed by atoms with Gasteiger partial charge < -0.3 is 9.47 Å². The van der Waals surface area contributed by atoms with Crippen LogP contribution in [0, 0.1) is 11.9 Å². The standard InChI is InChI=1S/C23H22BrF2N3O4/c1-22(2,3)33-21(31)29(19(30)13-7-5-4-6-8-13)20-28-23(12-25,15-10-17(15)32-20)16-9-14(24)11-27-18(16)26/h4-9,11,15,17H,10,12H2,1-3H3/t15-,17+,23-/m0/s1. The van der Waals surface area contributed by atoms with Gasteiger partial charge in [0.2, 0.25) is 5.95 Å². The smallest absolute Gasteiger partial charge is 0.425 e. The number of imide groups is 1. The van der Waals surface area contributed by atoms with Crippen LogP contribution in [0.1, 0.15) is 43.1 Å². The molecule has 2 aromatic rings. The number of carbonyl (C=O) groups is 2. The zero-order chi connectivity index (χ0) is 24.0. The summed E-state index contributed by atoms with van der Waals surface area (Å²) in [4.78, 5) is 35.1. The van der Waals surface area contributed by atoms with E-state index in [2.05, 4.69) is 25.9 Å². The van der Waals surface area contributed by atoms with E-state index >= 15 is 0 Å². The number of halogens is 3. The van der Waals surface area contributed by atoms with Gasteiger partial charge in [0.05, 0.1) is 0 Å². The van der Waals surface area contributed by atoms with Crippen LogP contribution in [0.3, 0.4) is 0 Å². The molecule has 7 nitrogen and oxygen atoms in total. The number of nitrogens with zero attached hydrogens (tertiary/aromatic N) is 3. The van der Waals surface area contributed by atoms with Crippen LogP contribution in [0.25, 0.3) is 0 Å². The van der Waals surface area contributed by atoms with E-state index in [0.29, 0.717) is 15.8 Å². The highest BCUT2D eigenvalue weighted by Crippen LogP contribution is 2.54. The first kappa shape index (κ1) is 23.3. The molecule has 0 radical (unpaired) electrons. The van der Waals surface area contributed by atoms with Crippen LogP contribution in [0.4, 0.5) is 13.6 Å². The van der Waals surface area contributed by atoms with E-state index in [4.69, 9.17) is 9.47 Å². The molecule has 2 amide bonds. The van der Waals surface area contributed by atoms with Crippen molar-refractivity contribution >= 4 is 34.0 Å². The SMILES string of the molecule is CC(C)(C)OC(=O)N(C(=O)c1ccccc1)C1=N[C@](CF)(c2cc(Br)cnc2F)[C@H]2C[C@H]2O1. The summed E-state index contributed by atoms with van der Waals surface area (Å²) in [6.45, 7) is 3.86. The minimum Gasteiger partial charge on any atom is -0.461 e. The molecule has 1 saturated carbocycles. The largest absolute Gasteiger partial charge is 0.461 e. The lowest BCUT2D eigenvalue weighted by Crippen LogP contribution is -2.49. The molecule has 1 aromatic heterocycles. The number of carbonyl (C=O) groups excluding carboxylic acids is 2. The number of hydrogen-bond donors (Lipinski definition) is 0. The predicted octanol–water partition coefficient (Wildman–Crippen LogP) is 5.00. The Hall–Kier alpha value is -2.88. The molecule has 1 aliphatic heterocycles. The maximum atomic E-state index is 14.7. The number of fused-ring (bicyclic) bond motifs is 1. The number of benzene rings is 1. The summed E-state index contributed by atoms with van der Waals surface area (Å²) < 4.78 is 41.0. The van der Waals surface area contributed by atoms with Crippen LogP contribution in [0.15, 0.2) is 52.1 Å². The van der Waals surface area contributed by atoms with Crippen LogP contribution in [0.5, 0.6) is 0 Å². The summed E-state index contributed by atoms with van der Waals surface area (Å²) in [7, 11) is 0. The average Bonchev–Trinajstić information content (AvgIpc) is 3.54. The Morgan fingerprint density at radius 3 is 2.64 bits per heavy atom. The summed E-state index contributed by atoms with van der Waals surface area (Å²) >= 11 is 3.23. The van der Waals surface area contributed by atoms with Gasteiger partial charge in [0.25, 0.3) is 5.91 Å². The first-order valence-electron chi connectivity index (χ1n) is 10.3. The number of aliphatic imine (C=N–C) groups is 1. The van der Waals surface area contributed by atoms with Gasteiger partial charge in [0, 0.05) is 27.7 Å². The van der Waals surface area contributed by atoms with Gasteiger partial charge in [-0.1, -0.05) is 18.2 Å². The van der Waals surface area contributed by atoms with Gasteiger partial charge in [-0.15, -0.1) is 0 Å². The van der Waals surface area contributed by atoms with Gasteiger partial charge in [0.15, 0.2) is 0 Å². The van der Waals surface area contributed by atoms with E-state index in [1.54, 1.807) is 39.0 Å². The lowest BCUT2D eigenvalue weighted by molar-refractivity contribution is 0.0282. The van der Waals surface area contributed by atoms with E-state index in [1.807, 2.05) is 0 Å². The second kappa shape index (κ2) is 8.48. The van der Waals surface area contributed by atoms with Gasteiger partial charge >= 0.3 is 12.1 Å². The minimum absolute atomic E-state index is 0.0797. The quantitative estimate of drug-likeness (QED) is 0.531. The third kappa shape index (κ3) is 4.48. The molecule has 0 unspecified atom stereocenters. The van der Waals surface area contributed by atoms with Crippen molar-refractivity contribution in [1.29, 1.82) is 0 Å². The summed E-state index contributed by atoms with van der Waals surface area (Å²) in [5.74, 6) is -2.11. The molecule has 3 atom stereocenters. The Morgan fingerprint density at radius 1 is 1.30 bits per heavy atom. The molecule has 0 N–H and O–H groups in total. The molecule has 4 rings (SSSR count). The summed E-state index contributed by atoms with van der Waals surface area (Å²) in [6, 6.07) is 8.99. The second-order valence-electron chi connectivity index (χ2n) is 8.93. The molecule has 1 aromatic carbocycles. The highest BCUT2D eigenvalue weighted by Gasteiger charge is 2.61. The van der Waals surface area contributed by atoms with Crippen molar-refractivity contribution in [3.63, 3.8) is 0 Å². The Morgan fingerprint density at radius 2 is 2.00 bits per heavy atom. The van der Waals surface area contributed by atoms with Crippen LogP contribution in [-0.2, 0) is 15.0 Å². The molecule has 10 heteroatoms. The van der Waals surface area contributed by atoms with Gasteiger partial charge in [-0.2, -0.15) is 9.29 Å². The van der Waals surface area contributed by atoms with Crippen molar-refractivity contribution in [3.8, 4) is 0 Å². The number of amides is 2. The maximum Gasteiger partial charge on any atom is 0.425 e. The molecular formula is C23H22BrF2N3O4. The zero-order valence-electron chi connectivity index (χ0n) is 18.2. The third-order valence-electron chi connectivity index (χ3n) is 5.36. The van der Waals surface area contributed by atoms with E-state index in [1.165, 1.54) is 24.4 Å². The summed E-state index contributed by atoms with van der Waals surface area (Å²) in [6.07, 6.45) is 0.0604. The van der Waals surface area contributed by atoms with E-state index < -0.39 is 53.8 Å². The number of amidine groups is 1. The van der Waals surface area contributed by atoms with Crippen molar-refractivity contribution in [2.45, 2.75) is 44.4 Å². The monoisotopic (exact) mass is 521 g/mol. The summed E-state index contributed by atoms with van der Waals surface area (Å²) in [5, 5.41) is 0. The number of aromatic nitrogens is 1. The molecule has 0 saturated heterocycles. The number of rotatable bonds is 3. The van der Waals surface area contributed by atoms with Crippen LogP contribution in [0.2, 0.25) is 0 Å². The fourth-order valence-electron chi connectivity index (χ4n) is 3.77. The highest BCUT2D eigenvalue weighted by molar-refractivity contribution is 9.10. The molecule has 0 spiro atoms. The fourth-order valence-corrected chi connectivity index (χ4v) is 4.11. The Bertz CT molecular complexity index is 1120.